The Morgan fingerprint density at radius 3 is 3.20 bits per heavy atom. The summed E-state index contributed by atoms with van der Waals surface area (Å²) in [6, 6.07) is 8.12. The van der Waals surface area contributed by atoms with E-state index in [1.807, 2.05) is 24.3 Å². The SMILES string of the molecule is O=C(CC1COCCN1)NCc1nc2ccccc2s1. The first-order valence-corrected chi connectivity index (χ1v) is 7.55. The third kappa shape index (κ3) is 3.33. The first-order chi connectivity index (χ1) is 9.81. The van der Waals surface area contributed by atoms with E-state index in [0.717, 1.165) is 28.4 Å². The van der Waals surface area contributed by atoms with Crippen molar-refractivity contribution >= 4 is 27.5 Å². The first kappa shape index (κ1) is 13.5. The van der Waals surface area contributed by atoms with Gasteiger partial charge >= 0.3 is 0 Å². The van der Waals surface area contributed by atoms with Gasteiger partial charge in [0, 0.05) is 19.0 Å². The number of para-hydroxylation sites is 1. The van der Waals surface area contributed by atoms with Gasteiger partial charge in [0.15, 0.2) is 0 Å². The Morgan fingerprint density at radius 1 is 1.50 bits per heavy atom. The lowest BCUT2D eigenvalue weighted by Gasteiger charge is -2.23. The number of ether oxygens (including phenoxy) is 1. The quantitative estimate of drug-likeness (QED) is 0.891. The van der Waals surface area contributed by atoms with Crippen LogP contribution in [0.3, 0.4) is 0 Å². The largest absolute Gasteiger partial charge is 0.378 e. The minimum absolute atomic E-state index is 0.0345. The number of nitrogens with one attached hydrogen (secondary N) is 2. The average molecular weight is 291 g/mol. The Labute approximate surface area is 121 Å². The second-order valence-electron chi connectivity index (χ2n) is 4.78. The van der Waals surface area contributed by atoms with Crippen LogP contribution in [0.25, 0.3) is 10.2 Å². The minimum Gasteiger partial charge on any atom is -0.378 e. The fraction of sp³-hybridized carbons (Fsp3) is 0.429. The number of hydrogen-bond donors (Lipinski definition) is 2. The molecule has 2 heterocycles. The monoisotopic (exact) mass is 291 g/mol. The van der Waals surface area contributed by atoms with Crippen molar-refractivity contribution in [2.24, 2.45) is 0 Å². The van der Waals surface area contributed by atoms with Gasteiger partial charge in [0.1, 0.15) is 5.01 Å². The van der Waals surface area contributed by atoms with Crippen molar-refractivity contribution in [3.05, 3.63) is 29.3 Å². The summed E-state index contributed by atoms with van der Waals surface area (Å²) in [5.41, 5.74) is 0.990. The van der Waals surface area contributed by atoms with Crippen LogP contribution in [-0.4, -0.2) is 36.7 Å². The van der Waals surface area contributed by atoms with Crippen LogP contribution in [0.1, 0.15) is 11.4 Å². The van der Waals surface area contributed by atoms with Gasteiger partial charge in [-0.05, 0) is 12.1 Å². The van der Waals surface area contributed by atoms with Crippen molar-refractivity contribution < 1.29 is 9.53 Å². The van der Waals surface area contributed by atoms with Gasteiger partial charge < -0.3 is 15.4 Å². The third-order valence-electron chi connectivity index (χ3n) is 3.21. The predicted octanol–water partition coefficient (Wildman–Crippen LogP) is 1.29. The van der Waals surface area contributed by atoms with Crippen molar-refractivity contribution in [2.75, 3.05) is 19.8 Å². The standard InChI is InChI=1S/C14H17N3O2S/c18-13(7-10-9-19-6-5-15-10)16-8-14-17-11-3-1-2-4-12(11)20-14/h1-4,10,15H,5-9H2,(H,16,18). The van der Waals surface area contributed by atoms with Gasteiger partial charge in [0.25, 0.3) is 0 Å². The van der Waals surface area contributed by atoms with Gasteiger partial charge in [-0.15, -0.1) is 11.3 Å². The second-order valence-corrected chi connectivity index (χ2v) is 5.90. The Hall–Kier alpha value is -1.50. The summed E-state index contributed by atoms with van der Waals surface area (Å²) in [7, 11) is 0. The topological polar surface area (TPSA) is 63.2 Å². The van der Waals surface area contributed by atoms with Crippen LogP contribution in [0.2, 0.25) is 0 Å². The van der Waals surface area contributed by atoms with E-state index >= 15 is 0 Å². The lowest BCUT2D eigenvalue weighted by molar-refractivity contribution is -0.122. The van der Waals surface area contributed by atoms with E-state index in [9.17, 15) is 4.79 Å². The molecule has 3 rings (SSSR count). The predicted molar refractivity (Wildman–Crippen MR) is 78.7 cm³/mol. The molecule has 106 valence electrons. The van der Waals surface area contributed by atoms with E-state index < -0.39 is 0 Å². The molecule has 1 fully saturated rings. The number of nitrogens with zero attached hydrogens (tertiary/aromatic N) is 1. The summed E-state index contributed by atoms with van der Waals surface area (Å²) in [5, 5.41) is 7.13. The van der Waals surface area contributed by atoms with E-state index in [1.54, 1.807) is 11.3 Å². The van der Waals surface area contributed by atoms with Crippen molar-refractivity contribution in [3.8, 4) is 0 Å². The number of carbonyl (C=O) groups excluding carboxylic acids is 1. The maximum Gasteiger partial charge on any atom is 0.222 e. The van der Waals surface area contributed by atoms with Crippen molar-refractivity contribution in [2.45, 2.75) is 19.0 Å². The molecular weight excluding hydrogens is 274 g/mol. The molecule has 2 aromatic rings. The highest BCUT2D eigenvalue weighted by atomic mass is 32.1. The molecule has 1 aliphatic heterocycles. The second kappa shape index (κ2) is 6.30. The number of hydrogen-bond acceptors (Lipinski definition) is 5. The maximum absolute atomic E-state index is 11.9. The highest BCUT2D eigenvalue weighted by molar-refractivity contribution is 7.18. The number of aromatic nitrogens is 1. The molecule has 0 spiro atoms. The lowest BCUT2D eigenvalue weighted by atomic mass is 10.2. The van der Waals surface area contributed by atoms with Crippen LogP contribution >= 0.6 is 11.3 Å². The van der Waals surface area contributed by atoms with Crippen LogP contribution in [0.5, 0.6) is 0 Å². The molecular formula is C14H17N3O2S. The first-order valence-electron chi connectivity index (χ1n) is 6.73. The molecule has 0 saturated carbocycles. The van der Waals surface area contributed by atoms with Gasteiger partial charge in [0.05, 0.1) is 30.0 Å². The van der Waals surface area contributed by atoms with Crippen molar-refractivity contribution in [1.29, 1.82) is 0 Å². The number of thiazole rings is 1. The zero-order valence-corrected chi connectivity index (χ0v) is 11.9. The summed E-state index contributed by atoms with van der Waals surface area (Å²) in [6.07, 6.45) is 0.449. The van der Waals surface area contributed by atoms with Crippen LogP contribution in [-0.2, 0) is 16.1 Å². The Balaban J connectivity index is 1.51. The molecule has 1 saturated heterocycles. The summed E-state index contributed by atoms with van der Waals surface area (Å²) < 4.78 is 6.48. The van der Waals surface area contributed by atoms with Crippen LogP contribution in [0.4, 0.5) is 0 Å². The Kier molecular flexibility index (Phi) is 4.25. The van der Waals surface area contributed by atoms with E-state index in [-0.39, 0.29) is 11.9 Å². The van der Waals surface area contributed by atoms with Crippen LogP contribution < -0.4 is 10.6 Å². The van der Waals surface area contributed by atoms with E-state index in [0.29, 0.717) is 19.6 Å². The van der Waals surface area contributed by atoms with E-state index in [2.05, 4.69) is 15.6 Å². The summed E-state index contributed by atoms with van der Waals surface area (Å²) in [4.78, 5) is 16.4. The van der Waals surface area contributed by atoms with Gasteiger partial charge in [-0.3, -0.25) is 4.79 Å². The lowest BCUT2D eigenvalue weighted by Crippen LogP contribution is -2.44. The molecule has 2 N–H and O–H groups in total. The average Bonchev–Trinajstić information content (AvgIpc) is 2.89. The molecule has 1 atom stereocenters. The molecule has 1 amide bonds. The fourth-order valence-corrected chi connectivity index (χ4v) is 3.12. The third-order valence-corrected chi connectivity index (χ3v) is 4.24. The van der Waals surface area contributed by atoms with Gasteiger partial charge in [-0.25, -0.2) is 4.98 Å². The number of fused-ring (bicyclic) bond motifs is 1. The van der Waals surface area contributed by atoms with Crippen LogP contribution in [0.15, 0.2) is 24.3 Å². The number of carbonyl (C=O) groups is 1. The highest BCUT2D eigenvalue weighted by Gasteiger charge is 2.16. The zero-order chi connectivity index (χ0) is 13.8. The van der Waals surface area contributed by atoms with Crippen molar-refractivity contribution in [3.63, 3.8) is 0 Å². The number of morpholine rings is 1. The molecule has 5 nitrogen and oxygen atoms in total. The Morgan fingerprint density at radius 2 is 2.40 bits per heavy atom. The van der Waals surface area contributed by atoms with E-state index in [4.69, 9.17) is 4.74 Å². The molecule has 1 aliphatic rings. The van der Waals surface area contributed by atoms with Gasteiger partial charge in [-0.1, -0.05) is 12.1 Å². The molecule has 1 unspecified atom stereocenters. The van der Waals surface area contributed by atoms with Gasteiger partial charge in [0.2, 0.25) is 5.91 Å². The zero-order valence-electron chi connectivity index (χ0n) is 11.1. The smallest absolute Gasteiger partial charge is 0.222 e. The fourth-order valence-electron chi connectivity index (χ4n) is 2.22. The van der Waals surface area contributed by atoms with Crippen molar-refractivity contribution in [1.82, 2.24) is 15.6 Å². The molecule has 0 radical (unpaired) electrons. The van der Waals surface area contributed by atoms with Crippen LogP contribution in [0, 0.1) is 0 Å². The number of benzene rings is 1. The minimum atomic E-state index is 0.0345. The molecule has 0 bridgehead atoms. The summed E-state index contributed by atoms with van der Waals surface area (Å²) >= 11 is 1.62. The highest BCUT2D eigenvalue weighted by Crippen LogP contribution is 2.21. The molecule has 1 aromatic carbocycles. The number of rotatable bonds is 4. The summed E-state index contributed by atoms with van der Waals surface area (Å²) in [6.45, 7) is 2.64. The Bertz CT molecular complexity index is 560. The normalized spacial score (nSPS) is 19.1. The van der Waals surface area contributed by atoms with Gasteiger partial charge in [-0.2, -0.15) is 0 Å². The summed E-state index contributed by atoms with van der Waals surface area (Å²) in [5.74, 6) is 0.0345. The molecule has 0 aliphatic carbocycles. The molecule has 20 heavy (non-hydrogen) atoms. The maximum atomic E-state index is 11.9. The number of amides is 1. The molecule has 1 aromatic heterocycles. The molecule has 6 heteroatoms. The van der Waals surface area contributed by atoms with E-state index in [1.165, 1.54) is 0 Å².